The van der Waals surface area contributed by atoms with Crippen LogP contribution in [0.15, 0.2) is 133 Å². The number of rotatable bonds is 36. The minimum atomic E-state index is -1.84. The lowest BCUT2D eigenvalue weighted by Gasteiger charge is -2.29. The number of nitrogens with zero attached hydrogens (tertiary/aromatic N) is 5. The summed E-state index contributed by atoms with van der Waals surface area (Å²) in [6.07, 6.45) is 8.82. The van der Waals surface area contributed by atoms with Crippen molar-refractivity contribution < 1.29 is 90.8 Å². The number of hydrogen-bond acceptors (Lipinski definition) is 19. The molecule has 5 unspecified atom stereocenters. The number of aryl methyl sites for hydroxylation is 3. The number of ketones is 3. The summed E-state index contributed by atoms with van der Waals surface area (Å²) in [5.74, 6) is -6.77. The molecule has 123 heavy (non-hydrogen) atoms. The van der Waals surface area contributed by atoms with Crippen LogP contribution in [0.3, 0.4) is 0 Å². The van der Waals surface area contributed by atoms with Crippen LogP contribution >= 0.6 is 23.2 Å². The van der Waals surface area contributed by atoms with Gasteiger partial charge in [-0.15, -0.1) is 0 Å². The number of imide groups is 3. The van der Waals surface area contributed by atoms with Crippen LogP contribution in [-0.2, 0) is 75.2 Å². The number of hydrogen-bond donors (Lipinski definition) is 4. The number of anilines is 4. The zero-order chi connectivity index (χ0) is 91.2. The number of benzene rings is 6. The van der Waals surface area contributed by atoms with E-state index in [1.54, 1.807) is 112 Å². The molecule has 0 saturated carbocycles. The van der Waals surface area contributed by atoms with E-state index in [9.17, 15) is 67.1 Å². The first-order valence-electron chi connectivity index (χ1n) is 41.4. The Morgan fingerprint density at radius 2 is 1.00 bits per heavy atom. The number of halogens is 2. The monoisotopic (exact) mass is 1730 g/mol. The molecule has 0 spiro atoms. The maximum absolute atomic E-state index is 14.0. The Balaban J connectivity index is 0.000000259. The van der Waals surface area contributed by atoms with Gasteiger partial charge in [0.05, 0.1) is 52.9 Å². The first-order valence-corrected chi connectivity index (χ1v) is 42.2. The highest BCUT2D eigenvalue weighted by Gasteiger charge is 2.57. The van der Waals surface area contributed by atoms with Crippen LogP contribution in [0.25, 0.3) is 0 Å². The number of methoxy groups -OCH3 is 1. The smallest absolute Gasteiger partial charge is 0.418 e. The Labute approximate surface area is 730 Å². The molecule has 5 atom stereocenters. The van der Waals surface area contributed by atoms with E-state index >= 15 is 0 Å². The number of cyclic esters (lactones) is 1. The molecule has 3 fully saturated rings. The van der Waals surface area contributed by atoms with Crippen LogP contribution < -0.4 is 30.7 Å². The van der Waals surface area contributed by atoms with Gasteiger partial charge in [0.1, 0.15) is 18.0 Å². The number of carbonyl (C=O) groups is 14. The molecule has 12 amide bonds. The summed E-state index contributed by atoms with van der Waals surface area (Å²) in [6, 6.07) is 31.1. The van der Waals surface area contributed by atoms with Gasteiger partial charge >= 0.3 is 24.1 Å². The molecule has 30 heteroatoms. The van der Waals surface area contributed by atoms with E-state index in [0.29, 0.717) is 39.1 Å². The maximum Gasteiger partial charge on any atom is 0.418 e. The Hall–Kier alpha value is -11.4. The van der Waals surface area contributed by atoms with Gasteiger partial charge in [0.25, 0.3) is 41.4 Å². The van der Waals surface area contributed by atoms with Gasteiger partial charge in [-0.2, -0.15) is 0 Å². The molecule has 3 aliphatic rings. The number of ether oxygens (including phenoxy) is 5. The summed E-state index contributed by atoms with van der Waals surface area (Å²) < 4.78 is 27.5. The summed E-state index contributed by atoms with van der Waals surface area (Å²) in [4.78, 5) is 191. The van der Waals surface area contributed by atoms with E-state index in [0.717, 1.165) is 52.0 Å². The Bertz CT molecular complexity index is 4840. The summed E-state index contributed by atoms with van der Waals surface area (Å²) in [6.45, 7) is 29.0. The molecule has 0 radical (unpaired) electrons. The van der Waals surface area contributed by atoms with E-state index in [2.05, 4.69) is 28.2 Å². The van der Waals surface area contributed by atoms with Gasteiger partial charge in [0.2, 0.25) is 6.23 Å². The van der Waals surface area contributed by atoms with Gasteiger partial charge in [0.15, 0.2) is 47.2 Å². The lowest BCUT2D eigenvalue weighted by Crippen LogP contribution is -2.55. The fourth-order valence-corrected chi connectivity index (χ4v) is 13.8. The van der Waals surface area contributed by atoms with Gasteiger partial charge < -0.3 is 49.9 Å². The molecular weight excluding hydrogens is 1620 g/mol. The van der Waals surface area contributed by atoms with Gasteiger partial charge in [-0.25, -0.2) is 33.9 Å². The van der Waals surface area contributed by atoms with Crippen LogP contribution in [0.5, 0.6) is 11.5 Å². The van der Waals surface area contributed by atoms with Crippen LogP contribution in [0.2, 0.25) is 10.0 Å². The van der Waals surface area contributed by atoms with Crippen molar-refractivity contribution in [2.45, 2.75) is 237 Å². The van der Waals surface area contributed by atoms with Crippen molar-refractivity contribution in [3.05, 3.63) is 177 Å². The van der Waals surface area contributed by atoms with Crippen LogP contribution in [0.4, 0.5) is 37.1 Å². The first-order chi connectivity index (χ1) is 57.9. The van der Waals surface area contributed by atoms with Gasteiger partial charge in [-0.05, 0) is 131 Å². The largest absolute Gasteiger partial charge is 0.495 e. The molecule has 6 aromatic rings. The second-order valence-corrected chi connectivity index (χ2v) is 34.9. The highest BCUT2D eigenvalue weighted by molar-refractivity contribution is 6.35. The predicted molar refractivity (Wildman–Crippen MR) is 469 cm³/mol. The fraction of sp³-hybridized carbons (Fsp3) is 0.462. The molecule has 3 aliphatic heterocycles. The van der Waals surface area contributed by atoms with Crippen molar-refractivity contribution in [3.63, 3.8) is 0 Å². The Morgan fingerprint density at radius 3 is 1.50 bits per heavy atom. The molecule has 0 aliphatic carbocycles. The molecule has 6 aromatic carbocycles. The summed E-state index contributed by atoms with van der Waals surface area (Å²) >= 11 is 12.7. The number of unbranched alkanes of at least 4 members (excludes halogenated alkanes) is 9. The summed E-state index contributed by atoms with van der Waals surface area (Å²) in [5, 5.41) is 10.8. The number of Topliss-reactive ketones (excluding diaryl/α,β-unsaturated/α-hetero) is 3. The van der Waals surface area contributed by atoms with Crippen LogP contribution in [0.1, 0.15) is 206 Å². The Kier molecular flexibility index (Phi) is 35.4. The highest BCUT2D eigenvalue weighted by Crippen LogP contribution is 2.36. The molecule has 3 heterocycles. The predicted octanol–water partition coefficient (Wildman–Crippen LogP) is 17.0. The lowest BCUT2D eigenvalue weighted by atomic mass is 9.85. The molecule has 28 nitrogen and oxygen atoms in total. The van der Waals surface area contributed by atoms with Gasteiger partial charge in [-0.1, -0.05) is 242 Å². The van der Waals surface area contributed by atoms with Crippen molar-refractivity contribution in [3.8, 4) is 11.5 Å². The SMILES string of the molecule is CCCCCCCCCCCCOC(=O)c1ccc(Cl)c(NC(=O)C(C(=O)C(C)(C)C)N2C(=O)OC(C)(C)C2=O)c1.CCOC1C(=O)N(C(C(=O)Nc2cc(NC(=O)C(CC)Oc3ccc(C)cc3C)ccc2Cl)C(=O)C(C)(C)C)C(=O)N1Cc1ccccc1.COc1ccc(C)cc1NC(=O)C(C(=O)C(C)(C)C)N1C(=O)CN(Cc2ccccc2)C1=O. The molecule has 0 aromatic heterocycles. The maximum atomic E-state index is 14.0. The number of esters is 1. The number of amides is 12. The van der Waals surface area contributed by atoms with Gasteiger partial charge in [0, 0.05) is 35.1 Å². The van der Waals surface area contributed by atoms with Gasteiger partial charge in [-0.3, -0.25) is 52.8 Å². The Morgan fingerprint density at radius 1 is 0.520 bits per heavy atom. The van der Waals surface area contributed by atoms with Crippen molar-refractivity contribution >= 4 is 129 Å². The average Bonchev–Trinajstić information content (AvgIpc) is 1.62. The second-order valence-electron chi connectivity index (χ2n) is 34.1. The van der Waals surface area contributed by atoms with E-state index in [1.807, 2.05) is 88.4 Å². The topological polar surface area (TPSA) is 349 Å². The minimum Gasteiger partial charge on any atom is -0.495 e. The van der Waals surface area contributed by atoms with Crippen molar-refractivity contribution in [1.82, 2.24) is 24.5 Å². The molecule has 3 saturated heterocycles. The third-order valence-electron chi connectivity index (χ3n) is 20.3. The minimum absolute atomic E-state index is 0.0180. The van der Waals surface area contributed by atoms with Crippen LogP contribution in [0, 0.1) is 37.0 Å². The number of nitrogens with one attached hydrogen (secondary N) is 4. The highest BCUT2D eigenvalue weighted by atomic mass is 35.5. The fourth-order valence-electron chi connectivity index (χ4n) is 13.5. The van der Waals surface area contributed by atoms with E-state index in [1.165, 1.54) is 106 Å². The first kappa shape index (κ1) is 98.7. The van der Waals surface area contributed by atoms with Crippen LogP contribution in [-0.4, -0.2) is 170 Å². The van der Waals surface area contributed by atoms with Crippen molar-refractivity contribution in [2.75, 3.05) is 48.1 Å². The third kappa shape index (κ3) is 26.6. The quantitative estimate of drug-likeness (QED) is 0.0123. The zero-order valence-electron chi connectivity index (χ0n) is 73.7. The number of carbonyl (C=O) groups excluding carboxylic acids is 14. The summed E-state index contributed by atoms with van der Waals surface area (Å²) in [7, 11) is 1.47. The van der Waals surface area contributed by atoms with Crippen molar-refractivity contribution in [2.24, 2.45) is 16.2 Å². The molecule has 4 N–H and O–H groups in total. The van der Waals surface area contributed by atoms with E-state index in [4.69, 9.17) is 46.9 Å². The zero-order valence-corrected chi connectivity index (χ0v) is 75.2. The standard InChI is InChI=1S/C37H43ClN4O7.C31H45ClN2O7.C25H29N3O5/c1-8-28(49-29-18-15-22(3)19-23(29)4)32(44)39-25-16-17-26(38)27(20-25)40-33(45)30(31(43)37(5,6)7)42-34(46)35(48-9-2)41(36(42)47)21-24-13-11-10-12-14-24;1-7-8-9-10-11-12-13-14-15-16-19-40-27(37)21-17-18-22(32)23(20-21)33-26(36)24(25(35)30(2,3)4)34-28(38)31(5,6)41-29(34)39;1-16-11-12-19(33-5)18(13-16)26-23(31)21(22(30)25(2,3)4)28-20(29)15-27(24(28)32)14-17-9-7-6-8-10-17/h10-20,28,30,35H,8-9,21H2,1-7H3,(H,39,44)(H,40,45);17-18,20,24H,7-16,19H2,1-6H3,(H,33,36);6-13,21H,14-15H2,1-5H3,(H,26,31). The summed E-state index contributed by atoms with van der Waals surface area (Å²) in [5.41, 5.74) is 0.629. The molecule has 0 bridgehead atoms. The van der Waals surface area contributed by atoms with Crippen molar-refractivity contribution in [1.29, 1.82) is 0 Å². The average molecular weight is 1740 g/mol. The second kappa shape index (κ2) is 44.1. The lowest BCUT2D eigenvalue weighted by molar-refractivity contribution is -0.149. The van der Waals surface area contributed by atoms with E-state index in [-0.39, 0.29) is 59.8 Å². The number of urea groups is 2. The third-order valence-corrected chi connectivity index (χ3v) is 21.0. The molecular formula is C93H117Cl2N9O19. The molecule has 9 rings (SSSR count). The normalized spacial score (nSPS) is 15.5. The molecule has 662 valence electrons. The van der Waals surface area contributed by atoms with E-state index < -0.39 is 135 Å².